The number of carbonyl (C=O) groups is 1. The molecule has 0 aliphatic heterocycles. The summed E-state index contributed by atoms with van der Waals surface area (Å²) in [6.07, 6.45) is 0. The van der Waals surface area contributed by atoms with E-state index >= 15 is 0 Å². The molecule has 0 spiro atoms. The van der Waals surface area contributed by atoms with Crippen molar-refractivity contribution in [1.29, 1.82) is 0 Å². The first-order valence-electron chi connectivity index (χ1n) is 9.18. The number of thioether (sulfide) groups is 1. The number of benzene rings is 3. The number of halogens is 1. The van der Waals surface area contributed by atoms with E-state index in [1.54, 1.807) is 28.9 Å². The maximum Gasteiger partial charge on any atom is 0.234 e. The molecule has 1 N–H and O–H groups in total. The highest BCUT2D eigenvalue weighted by atomic mass is 35.5. The lowest BCUT2D eigenvalue weighted by atomic mass is 10.3. The number of anilines is 1. The summed E-state index contributed by atoms with van der Waals surface area (Å²) in [4.78, 5) is 12.3. The summed E-state index contributed by atoms with van der Waals surface area (Å²) in [6.45, 7) is 0. The molecule has 0 bridgehead atoms. The molecule has 1 heterocycles. The minimum absolute atomic E-state index is 0.124. The monoisotopic (exact) mass is 485 g/mol. The Bertz CT molecular complexity index is 1220. The number of rotatable bonds is 7. The second-order valence-corrected chi connectivity index (χ2v) is 9.58. The van der Waals surface area contributed by atoms with E-state index < -0.39 is 0 Å². The van der Waals surface area contributed by atoms with Gasteiger partial charge in [0.05, 0.1) is 11.4 Å². The Morgan fingerprint density at radius 1 is 1.03 bits per heavy atom. The lowest BCUT2D eigenvalue weighted by Gasteiger charge is -2.07. The Morgan fingerprint density at radius 3 is 2.42 bits per heavy atom. The van der Waals surface area contributed by atoms with Gasteiger partial charge in [-0.3, -0.25) is 4.79 Å². The standard InChI is InChI=1S/C22H16ClN3O2S3/c23-15-6-10-17(11-7-15)26-22(29)31-21(25-26)30-14-20(27)24-16-8-12-19(13-9-16)28-18-4-2-1-3-5-18/h1-13H,14H2,(H,24,27). The number of hydrogen-bond acceptors (Lipinski definition) is 6. The van der Waals surface area contributed by atoms with Gasteiger partial charge in [0, 0.05) is 10.7 Å². The highest BCUT2D eigenvalue weighted by molar-refractivity contribution is 8.01. The minimum atomic E-state index is -0.124. The number of amides is 1. The molecule has 9 heteroatoms. The van der Waals surface area contributed by atoms with Gasteiger partial charge < -0.3 is 10.1 Å². The van der Waals surface area contributed by atoms with Crippen molar-refractivity contribution >= 4 is 58.5 Å². The van der Waals surface area contributed by atoms with Gasteiger partial charge >= 0.3 is 0 Å². The predicted octanol–water partition coefficient (Wildman–Crippen LogP) is 6.84. The average Bonchev–Trinajstić information content (AvgIpc) is 3.15. The molecule has 31 heavy (non-hydrogen) atoms. The van der Waals surface area contributed by atoms with E-state index in [9.17, 15) is 4.79 Å². The van der Waals surface area contributed by atoms with E-state index in [0.717, 1.165) is 15.8 Å². The van der Waals surface area contributed by atoms with Crippen LogP contribution in [0, 0.1) is 3.95 Å². The summed E-state index contributed by atoms with van der Waals surface area (Å²) in [6, 6.07) is 24.0. The second kappa shape index (κ2) is 10.1. The number of hydrogen-bond donors (Lipinski definition) is 1. The number of aromatic nitrogens is 2. The highest BCUT2D eigenvalue weighted by Crippen LogP contribution is 2.26. The van der Waals surface area contributed by atoms with E-state index in [1.807, 2.05) is 54.6 Å². The van der Waals surface area contributed by atoms with Crippen LogP contribution in [0.1, 0.15) is 0 Å². The van der Waals surface area contributed by atoms with Gasteiger partial charge in [-0.2, -0.15) is 0 Å². The number of nitrogens with one attached hydrogen (secondary N) is 1. The molecule has 0 saturated heterocycles. The summed E-state index contributed by atoms with van der Waals surface area (Å²) < 4.78 is 8.76. The van der Waals surface area contributed by atoms with Crippen LogP contribution < -0.4 is 10.1 Å². The van der Waals surface area contributed by atoms with Crippen LogP contribution >= 0.6 is 46.9 Å². The molecule has 0 unspecified atom stereocenters. The molecule has 0 aliphatic rings. The summed E-state index contributed by atoms with van der Waals surface area (Å²) in [5.41, 5.74) is 1.53. The number of ether oxygens (including phenoxy) is 1. The Kier molecular flexibility index (Phi) is 7.03. The Labute approximate surface area is 197 Å². The van der Waals surface area contributed by atoms with Crippen molar-refractivity contribution in [1.82, 2.24) is 9.78 Å². The molecule has 1 amide bonds. The zero-order valence-corrected chi connectivity index (χ0v) is 19.2. The van der Waals surface area contributed by atoms with E-state index in [1.165, 1.54) is 23.1 Å². The topological polar surface area (TPSA) is 56.2 Å². The maximum absolute atomic E-state index is 12.3. The van der Waals surface area contributed by atoms with Gasteiger partial charge in [-0.05, 0) is 72.9 Å². The van der Waals surface area contributed by atoms with E-state index in [-0.39, 0.29) is 11.7 Å². The Balaban J connectivity index is 1.32. The SMILES string of the molecule is O=C(CSc1nn(-c2ccc(Cl)cc2)c(=S)s1)Nc1ccc(Oc2ccccc2)cc1. The summed E-state index contributed by atoms with van der Waals surface area (Å²) in [5, 5.41) is 8.02. The molecule has 5 nitrogen and oxygen atoms in total. The molecule has 0 saturated carbocycles. The maximum atomic E-state index is 12.3. The Morgan fingerprint density at radius 2 is 1.71 bits per heavy atom. The fraction of sp³-hybridized carbons (Fsp3) is 0.0455. The van der Waals surface area contributed by atoms with Crippen molar-refractivity contribution in [3.8, 4) is 17.2 Å². The first-order valence-corrected chi connectivity index (χ1v) is 11.8. The molecule has 0 atom stereocenters. The van der Waals surface area contributed by atoms with Crippen molar-refractivity contribution in [2.45, 2.75) is 4.34 Å². The van der Waals surface area contributed by atoms with Gasteiger partial charge in [-0.15, -0.1) is 5.10 Å². The molecule has 4 aromatic rings. The van der Waals surface area contributed by atoms with Crippen LogP contribution in [0.5, 0.6) is 11.5 Å². The molecular weight excluding hydrogens is 470 g/mol. The molecule has 1 aromatic heterocycles. The van der Waals surface area contributed by atoms with Crippen LogP contribution in [-0.4, -0.2) is 21.4 Å². The molecule has 0 fully saturated rings. The lowest BCUT2D eigenvalue weighted by molar-refractivity contribution is -0.113. The number of carbonyl (C=O) groups excluding carboxylic acids is 1. The van der Waals surface area contributed by atoms with Gasteiger partial charge in [0.2, 0.25) is 5.91 Å². The van der Waals surface area contributed by atoms with Crippen LogP contribution in [0.25, 0.3) is 5.69 Å². The van der Waals surface area contributed by atoms with Gasteiger partial charge in [-0.1, -0.05) is 52.9 Å². The fourth-order valence-corrected chi connectivity index (χ4v) is 4.91. The normalized spacial score (nSPS) is 10.6. The van der Waals surface area contributed by atoms with Crippen LogP contribution in [0.3, 0.4) is 0 Å². The summed E-state index contributed by atoms with van der Waals surface area (Å²) in [5.74, 6) is 1.56. The number of para-hydroxylation sites is 1. The molecule has 4 rings (SSSR count). The van der Waals surface area contributed by atoms with Crippen LogP contribution in [0.15, 0.2) is 83.2 Å². The molecule has 3 aromatic carbocycles. The average molecular weight is 486 g/mol. The molecular formula is C22H16ClN3O2S3. The zero-order chi connectivity index (χ0) is 21.6. The van der Waals surface area contributed by atoms with E-state index in [0.29, 0.717) is 20.4 Å². The van der Waals surface area contributed by atoms with Gasteiger partial charge in [0.1, 0.15) is 11.5 Å². The molecule has 0 aliphatic carbocycles. The second-order valence-electron chi connectivity index (χ2n) is 6.30. The third-order valence-electron chi connectivity index (χ3n) is 4.04. The third-order valence-corrected chi connectivity index (χ3v) is 6.66. The van der Waals surface area contributed by atoms with Crippen molar-refractivity contribution in [2.75, 3.05) is 11.1 Å². The van der Waals surface area contributed by atoms with Crippen LogP contribution in [0.2, 0.25) is 5.02 Å². The zero-order valence-electron chi connectivity index (χ0n) is 16.0. The van der Waals surface area contributed by atoms with Gasteiger partial charge in [0.25, 0.3) is 0 Å². The first-order chi connectivity index (χ1) is 15.1. The highest BCUT2D eigenvalue weighted by Gasteiger charge is 2.10. The van der Waals surface area contributed by atoms with Crippen molar-refractivity contribution in [3.63, 3.8) is 0 Å². The lowest BCUT2D eigenvalue weighted by Crippen LogP contribution is -2.13. The van der Waals surface area contributed by atoms with Crippen molar-refractivity contribution in [2.24, 2.45) is 0 Å². The smallest absolute Gasteiger partial charge is 0.234 e. The summed E-state index contributed by atoms with van der Waals surface area (Å²) >= 11 is 14.0. The predicted molar refractivity (Wildman–Crippen MR) is 130 cm³/mol. The third kappa shape index (κ3) is 5.95. The van der Waals surface area contributed by atoms with Crippen LogP contribution in [0.4, 0.5) is 5.69 Å². The van der Waals surface area contributed by atoms with E-state index in [2.05, 4.69) is 10.4 Å². The van der Waals surface area contributed by atoms with Crippen LogP contribution in [-0.2, 0) is 4.79 Å². The fourth-order valence-electron chi connectivity index (χ4n) is 2.62. The Hall–Kier alpha value is -2.65. The minimum Gasteiger partial charge on any atom is -0.457 e. The van der Waals surface area contributed by atoms with Gasteiger partial charge in [-0.25, -0.2) is 4.68 Å². The van der Waals surface area contributed by atoms with Crippen molar-refractivity contribution in [3.05, 3.63) is 87.8 Å². The largest absolute Gasteiger partial charge is 0.457 e. The first kappa shape index (κ1) is 21.6. The number of nitrogens with zero attached hydrogens (tertiary/aromatic N) is 2. The quantitative estimate of drug-likeness (QED) is 0.229. The van der Waals surface area contributed by atoms with Gasteiger partial charge in [0.15, 0.2) is 8.29 Å². The van der Waals surface area contributed by atoms with E-state index in [4.69, 9.17) is 28.6 Å². The molecule has 156 valence electrons. The molecule has 0 radical (unpaired) electrons. The summed E-state index contributed by atoms with van der Waals surface area (Å²) in [7, 11) is 0. The van der Waals surface area contributed by atoms with Crippen molar-refractivity contribution < 1.29 is 9.53 Å².